The molecular formula is C27H22N6O4S. The van der Waals surface area contributed by atoms with Crippen molar-refractivity contribution in [3.8, 4) is 28.1 Å². The maximum absolute atomic E-state index is 13.3. The number of pyridine rings is 2. The Morgan fingerprint density at radius 2 is 1.84 bits per heavy atom. The van der Waals surface area contributed by atoms with Gasteiger partial charge >= 0.3 is 0 Å². The Bertz CT molecular complexity index is 1820. The van der Waals surface area contributed by atoms with E-state index in [2.05, 4.69) is 25.1 Å². The van der Waals surface area contributed by atoms with Crippen molar-refractivity contribution in [2.24, 2.45) is 0 Å². The number of amides is 1. The second-order valence-corrected chi connectivity index (χ2v) is 10.4. The highest BCUT2D eigenvalue weighted by molar-refractivity contribution is 7.92. The molecule has 190 valence electrons. The van der Waals surface area contributed by atoms with Crippen molar-refractivity contribution in [1.82, 2.24) is 25.1 Å². The number of carbonyl (C=O) groups is 1. The zero-order valence-electron chi connectivity index (χ0n) is 20.2. The number of nitrogens with one attached hydrogen (secondary N) is 2. The molecule has 0 atom stereocenters. The Morgan fingerprint density at radius 1 is 0.947 bits per heavy atom. The molecule has 0 unspecified atom stereocenters. The highest BCUT2D eigenvalue weighted by Gasteiger charge is 2.20. The van der Waals surface area contributed by atoms with Crippen molar-refractivity contribution in [3.05, 3.63) is 84.9 Å². The average molecular weight is 527 g/mol. The molecule has 4 heterocycles. The van der Waals surface area contributed by atoms with Gasteiger partial charge in [0, 0.05) is 47.2 Å². The second kappa shape index (κ2) is 9.27. The number of carbonyl (C=O) groups excluding carboxylic acids is 1. The fourth-order valence-corrected chi connectivity index (χ4v) is 5.54. The maximum Gasteiger partial charge on any atom is 0.262 e. The molecule has 0 radical (unpaired) electrons. The zero-order valence-corrected chi connectivity index (χ0v) is 21.1. The summed E-state index contributed by atoms with van der Waals surface area (Å²) in [6.07, 6.45) is 7.08. The molecule has 2 N–H and O–H groups in total. The number of benzene rings is 2. The summed E-state index contributed by atoms with van der Waals surface area (Å²) in [7, 11) is -2.64. The summed E-state index contributed by atoms with van der Waals surface area (Å²) in [6.45, 7) is 0.752. The van der Waals surface area contributed by atoms with Gasteiger partial charge < -0.3 is 10.1 Å². The molecule has 0 saturated carbocycles. The monoisotopic (exact) mass is 526 g/mol. The molecule has 10 nitrogen and oxygen atoms in total. The Morgan fingerprint density at radius 3 is 2.71 bits per heavy atom. The van der Waals surface area contributed by atoms with Crippen LogP contribution >= 0.6 is 0 Å². The predicted octanol–water partition coefficient (Wildman–Crippen LogP) is 3.71. The number of aromatic nitrogens is 4. The standard InChI is InChI=1S/C27H22N6O4S/c1-37-27-25-13-19(14-30-27)17-5-6-24-23(12-17)22(7-8-28-24)20-15-31-33(16-20)10-9-29-26(34)18-3-2-4-21(11-18)38(35,36)32-25/h2-8,11-16,32H,9-10H2,1H3,(H,29,34). The molecule has 0 spiro atoms. The molecule has 0 fully saturated rings. The number of ether oxygens (including phenoxy) is 1. The van der Waals surface area contributed by atoms with Crippen LogP contribution in [0.15, 0.2) is 84.3 Å². The molecule has 5 aromatic rings. The first-order valence-electron chi connectivity index (χ1n) is 11.8. The van der Waals surface area contributed by atoms with Crippen LogP contribution in [0.3, 0.4) is 0 Å². The summed E-state index contributed by atoms with van der Waals surface area (Å²) in [6, 6.07) is 15.3. The van der Waals surface area contributed by atoms with E-state index >= 15 is 0 Å². The second-order valence-electron chi connectivity index (χ2n) is 8.75. The predicted molar refractivity (Wildman–Crippen MR) is 142 cm³/mol. The van der Waals surface area contributed by atoms with Gasteiger partial charge in [-0.1, -0.05) is 12.1 Å². The van der Waals surface area contributed by atoms with E-state index in [0.29, 0.717) is 18.7 Å². The lowest BCUT2D eigenvalue weighted by Gasteiger charge is -2.14. The molecule has 0 aliphatic carbocycles. The van der Waals surface area contributed by atoms with Crippen molar-refractivity contribution in [3.63, 3.8) is 0 Å². The molecule has 3 aromatic heterocycles. The number of hydrogen-bond acceptors (Lipinski definition) is 7. The first kappa shape index (κ1) is 23.6. The Hall–Kier alpha value is -4.77. The lowest BCUT2D eigenvalue weighted by atomic mass is 9.99. The summed E-state index contributed by atoms with van der Waals surface area (Å²) in [5, 5.41) is 8.19. The van der Waals surface area contributed by atoms with Crippen LogP contribution in [0.2, 0.25) is 0 Å². The van der Waals surface area contributed by atoms with Gasteiger partial charge in [-0.25, -0.2) is 13.4 Å². The van der Waals surface area contributed by atoms with Gasteiger partial charge in [0.15, 0.2) is 0 Å². The fraction of sp³-hybridized carbons (Fsp3) is 0.111. The van der Waals surface area contributed by atoms with E-state index < -0.39 is 10.0 Å². The van der Waals surface area contributed by atoms with Crippen LogP contribution in [0, 0.1) is 0 Å². The number of sulfonamides is 1. The van der Waals surface area contributed by atoms with E-state index in [-0.39, 0.29) is 27.9 Å². The van der Waals surface area contributed by atoms with E-state index in [4.69, 9.17) is 4.74 Å². The van der Waals surface area contributed by atoms with Crippen molar-refractivity contribution in [1.29, 1.82) is 0 Å². The van der Waals surface area contributed by atoms with Gasteiger partial charge in [0.2, 0.25) is 5.88 Å². The summed E-state index contributed by atoms with van der Waals surface area (Å²) < 4.78 is 36.3. The summed E-state index contributed by atoms with van der Waals surface area (Å²) in [5.41, 5.74) is 4.56. The molecule has 1 aliphatic heterocycles. The van der Waals surface area contributed by atoms with Gasteiger partial charge in [-0.2, -0.15) is 5.10 Å². The molecule has 2 aromatic carbocycles. The minimum Gasteiger partial charge on any atom is -0.480 e. The summed E-state index contributed by atoms with van der Waals surface area (Å²) in [5.74, 6) is -0.270. The number of rotatable bonds is 1. The molecule has 38 heavy (non-hydrogen) atoms. The van der Waals surface area contributed by atoms with E-state index in [1.54, 1.807) is 35.4 Å². The third-order valence-electron chi connectivity index (χ3n) is 6.34. The van der Waals surface area contributed by atoms with Gasteiger partial charge in [-0.05, 0) is 53.6 Å². The van der Waals surface area contributed by atoms with Crippen LogP contribution < -0.4 is 14.8 Å². The molecule has 6 rings (SSSR count). The van der Waals surface area contributed by atoms with Crippen molar-refractivity contribution in [2.45, 2.75) is 11.4 Å². The van der Waals surface area contributed by atoms with Gasteiger partial charge in [-0.15, -0.1) is 0 Å². The molecule has 1 aliphatic rings. The van der Waals surface area contributed by atoms with Crippen LogP contribution in [0.25, 0.3) is 33.2 Å². The number of hydrogen-bond donors (Lipinski definition) is 2. The Balaban J connectivity index is 1.54. The number of anilines is 1. The topological polar surface area (TPSA) is 128 Å². The zero-order chi connectivity index (χ0) is 26.3. The van der Waals surface area contributed by atoms with Crippen LogP contribution in [0.4, 0.5) is 5.69 Å². The fourth-order valence-electron chi connectivity index (χ4n) is 4.44. The minimum atomic E-state index is -4.06. The number of fused-ring (bicyclic) bond motifs is 9. The molecule has 8 bridgehead atoms. The van der Waals surface area contributed by atoms with Crippen molar-refractivity contribution < 1.29 is 17.9 Å². The SMILES string of the molecule is COc1ncc2cc1NS(=O)(=O)c1cccc(c1)C(=O)NCCn1cc(cn1)-c1ccnc3ccc-2cc13. The van der Waals surface area contributed by atoms with Crippen LogP contribution in [-0.4, -0.2) is 47.7 Å². The van der Waals surface area contributed by atoms with E-state index in [1.165, 1.54) is 25.3 Å². The lowest BCUT2D eigenvalue weighted by molar-refractivity contribution is 0.0951. The number of nitrogens with zero attached hydrogens (tertiary/aromatic N) is 4. The quantitative estimate of drug-likeness (QED) is 0.341. The van der Waals surface area contributed by atoms with E-state index in [0.717, 1.165) is 27.6 Å². The Labute approximate surface area is 218 Å². The van der Waals surface area contributed by atoms with Gasteiger partial charge in [0.25, 0.3) is 15.9 Å². The van der Waals surface area contributed by atoms with Crippen LogP contribution in [0.1, 0.15) is 10.4 Å². The smallest absolute Gasteiger partial charge is 0.262 e. The first-order chi connectivity index (χ1) is 18.4. The molecule has 11 heteroatoms. The number of methoxy groups -OCH3 is 1. The minimum absolute atomic E-state index is 0.0614. The third-order valence-corrected chi connectivity index (χ3v) is 7.70. The van der Waals surface area contributed by atoms with Crippen molar-refractivity contribution >= 4 is 32.5 Å². The normalized spacial score (nSPS) is 14.6. The molecule has 0 saturated heterocycles. The molecular weight excluding hydrogens is 504 g/mol. The van der Waals surface area contributed by atoms with Gasteiger partial charge in [-0.3, -0.25) is 19.2 Å². The largest absolute Gasteiger partial charge is 0.480 e. The van der Waals surface area contributed by atoms with Crippen molar-refractivity contribution in [2.75, 3.05) is 18.4 Å². The first-order valence-corrected chi connectivity index (χ1v) is 13.3. The van der Waals surface area contributed by atoms with E-state index in [9.17, 15) is 13.2 Å². The Kier molecular flexibility index (Phi) is 5.76. The highest BCUT2D eigenvalue weighted by Crippen LogP contribution is 2.34. The maximum atomic E-state index is 13.3. The summed E-state index contributed by atoms with van der Waals surface area (Å²) >= 11 is 0. The van der Waals surface area contributed by atoms with E-state index in [1.807, 2.05) is 30.5 Å². The van der Waals surface area contributed by atoms with Crippen LogP contribution in [0.5, 0.6) is 5.88 Å². The molecule has 1 amide bonds. The summed E-state index contributed by atoms with van der Waals surface area (Å²) in [4.78, 5) is 21.5. The average Bonchev–Trinajstić information content (AvgIpc) is 3.40. The van der Waals surface area contributed by atoms with Gasteiger partial charge in [0.05, 0.1) is 30.3 Å². The third kappa shape index (κ3) is 4.33. The van der Waals surface area contributed by atoms with Gasteiger partial charge in [0.1, 0.15) is 5.69 Å². The lowest BCUT2D eigenvalue weighted by Crippen LogP contribution is -2.27. The highest BCUT2D eigenvalue weighted by atomic mass is 32.2. The van der Waals surface area contributed by atoms with Crippen LogP contribution in [-0.2, 0) is 16.6 Å².